The van der Waals surface area contributed by atoms with Crippen LogP contribution in [0.3, 0.4) is 0 Å². The molecule has 0 bridgehead atoms. The van der Waals surface area contributed by atoms with Crippen molar-refractivity contribution in [1.82, 2.24) is 4.90 Å². The largest absolute Gasteiger partial charge is 0.380 e. The van der Waals surface area contributed by atoms with Crippen LogP contribution in [0.1, 0.15) is 18.4 Å². The first kappa shape index (κ1) is 17.1. The van der Waals surface area contributed by atoms with Gasteiger partial charge in [-0.25, -0.2) is 0 Å². The highest BCUT2D eigenvalue weighted by atomic mass is 16.5. The third-order valence-electron chi connectivity index (χ3n) is 3.20. The molecular weight excluding hydrogens is 270 g/mol. The molecule has 6 nitrogen and oxygen atoms in total. The van der Waals surface area contributed by atoms with Gasteiger partial charge in [0.1, 0.15) is 0 Å². The number of carbonyl (C=O) groups excluding carboxylic acids is 2. The normalized spacial score (nSPS) is 11.9. The van der Waals surface area contributed by atoms with Crippen molar-refractivity contribution in [2.45, 2.75) is 25.5 Å². The summed E-state index contributed by atoms with van der Waals surface area (Å²) in [5, 5.41) is 0. The third kappa shape index (κ3) is 6.37. The molecule has 0 radical (unpaired) electrons. The van der Waals surface area contributed by atoms with Crippen molar-refractivity contribution in [2.24, 2.45) is 11.5 Å². The Morgan fingerprint density at radius 3 is 2.48 bits per heavy atom. The van der Waals surface area contributed by atoms with Gasteiger partial charge in [-0.1, -0.05) is 30.3 Å². The molecule has 21 heavy (non-hydrogen) atoms. The molecule has 6 heteroatoms. The number of benzene rings is 1. The van der Waals surface area contributed by atoms with Crippen molar-refractivity contribution in [1.29, 1.82) is 0 Å². The molecule has 4 N–H and O–H groups in total. The van der Waals surface area contributed by atoms with Crippen LogP contribution in [0.2, 0.25) is 0 Å². The number of nitrogens with two attached hydrogens (primary N) is 2. The average molecular weight is 293 g/mol. The number of hydrogen-bond donors (Lipinski definition) is 2. The van der Waals surface area contributed by atoms with Crippen LogP contribution in [0.4, 0.5) is 0 Å². The van der Waals surface area contributed by atoms with Crippen molar-refractivity contribution in [3.05, 3.63) is 35.9 Å². The molecule has 0 heterocycles. The molecule has 0 fully saturated rings. The highest BCUT2D eigenvalue weighted by Gasteiger charge is 2.19. The Labute approximate surface area is 125 Å². The van der Waals surface area contributed by atoms with E-state index in [-0.39, 0.29) is 31.4 Å². The molecule has 0 aliphatic carbocycles. The van der Waals surface area contributed by atoms with Crippen LogP contribution >= 0.6 is 0 Å². The van der Waals surface area contributed by atoms with E-state index in [1.807, 2.05) is 30.3 Å². The van der Waals surface area contributed by atoms with E-state index < -0.39 is 5.91 Å². The Balaban J connectivity index is 2.71. The van der Waals surface area contributed by atoms with Gasteiger partial charge in [0.15, 0.2) is 0 Å². The minimum atomic E-state index is -0.428. The van der Waals surface area contributed by atoms with Crippen molar-refractivity contribution in [2.75, 3.05) is 20.2 Å². The maximum atomic E-state index is 12.3. The second-order valence-electron chi connectivity index (χ2n) is 4.81. The van der Waals surface area contributed by atoms with Gasteiger partial charge in [-0.05, 0) is 5.56 Å². The zero-order chi connectivity index (χ0) is 15.7. The number of methoxy groups -OCH3 is 1. The number of primary amides is 1. The van der Waals surface area contributed by atoms with Gasteiger partial charge >= 0.3 is 0 Å². The maximum Gasteiger partial charge on any atom is 0.225 e. The highest BCUT2D eigenvalue weighted by Crippen LogP contribution is 2.09. The second kappa shape index (κ2) is 9.10. The van der Waals surface area contributed by atoms with Gasteiger partial charge in [-0.2, -0.15) is 0 Å². The summed E-state index contributed by atoms with van der Waals surface area (Å²) in [6, 6.07) is 9.59. The topological polar surface area (TPSA) is 98.7 Å². The number of nitrogens with zero attached hydrogens (tertiary/aromatic N) is 1. The number of ether oxygens (including phenoxy) is 1. The van der Waals surface area contributed by atoms with Crippen LogP contribution in [0.25, 0.3) is 0 Å². The monoisotopic (exact) mass is 293 g/mol. The molecule has 0 spiro atoms. The molecule has 1 atom stereocenters. The lowest BCUT2D eigenvalue weighted by atomic mass is 10.1. The van der Waals surface area contributed by atoms with E-state index in [0.717, 1.165) is 5.56 Å². The number of hydrogen-bond acceptors (Lipinski definition) is 4. The smallest absolute Gasteiger partial charge is 0.225 e. The lowest BCUT2D eigenvalue weighted by Crippen LogP contribution is -2.37. The van der Waals surface area contributed by atoms with Crippen LogP contribution in [-0.4, -0.2) is 43.0 Å². The van der Waals surface area contributed by atoms with E-state index in [0.29, 0.717) is 13.1 Å². The van der Waals surface area contributed by atoms with Crippen LogP contribution in [0.15, 0.2) is 30.3 Å². The first-order chi connectivity index (χ1) is 10.1. The van der Waals surface area contributed by atoms with Gasteiger partial charge in [-0.3, -0.25) is 9.59 Å². The fourth-order valence-electron chi connectivity index (χ4n) is 1.93. The van der Waals surface area contributed by atoms with E-state index >= 15 is 0 Å². The Hall–Kier alpha value is -1.92. The van der Waals surface area contributed by atoms with E-state index in [1.165, 1.54) is 7.11 Å². The SMILES string of the molecule is COC(CN)CC(=O)N(CCC(N)=O)Cc1ccccc1. The van der Waals surface area contributed by atoms with Crippen LogP contribution in [0.5, 0.6) is 0 Å². The Morgan fingerprint density at radius 2 is 1.95 bits per heavy atom. The van der Waals surface area contributed by atoms with E-state index in [1.54, 1.807) is 4.90 Å². The van der Waals surface area contributed by atoms with Gasteiger partial charge in [0.05, 0.1) is 12.5 Å². The molecule has 0 aliphatic heterocycles. The summed E-state index contributed by atoms with van der Waals surface area (Å²) < 4.78 is 5.13. The summed E-state index contributed by atoms with van der Waals surface area (Å²) in [5.41, 5.74) is 11.7. The molecule has 1 rings (SSSR count). The van der Waals surface area contributed by atoms with Crippen molar-refractivity contribution < 1.29 is 14.3 Å². The Morgan fingerprint density at radius 1 is 1.29 bits per heavy atom. The summed E-state index contributed by atoms with van der Waals surface area (Å²) in [5.74, 6) is -0.527. The second-order valence-corrected chi connectivity index (χ2v) is 4.81. The Bertz CT molecular complexity index is 447. The lowest BCUT2D eigenvalue weighted by molar-refractivity contribution is -0.134. The van der Waals surface area contributed by atoms with E-state index in [9.17, 15) is 9.59 Å². The molecule has 2 amide bonds. The van der Waals surface area contributed by atoms with E-state index in [2.05, 4.69) is 0 Å². The summed E-state index contributed by atoms with van der Waals surface area (Å²) in [6.45, 7) is 1.01. The number of carbonyl (C=O) groups is 2. The van der Waals surface area contributed by atoms with Crippen LogP contribution < -0.4 is 11.5 Å². The maximum absolute atomic E-state index is 12.3. The highest BCUT2D eigenvalue weighted by molar-refractivity contribution is 5.78. The fraction of sp³-hybridized carbons (Fsp3) is 0.467. The summed E-state index contributed by atoms with van der Waals surface area (Å²) in [4.78, 5) is 24.9. The molecule has 1 unspecified atom stereocenters. The van der Waals surface area contributed by atoms with Crippen molar-refractivity contribution >= 4 is 11.8 Å². The standard InChI is InChI=1S/C15H23N3O3/c1-21-13(10-16)9-15(20)18(8-7-14(17)19)11-12-5-3-2-4-6-12/h2-6,13H,7-11,16H2,1H3,(H2,17,19). The molecular formula is C15H23N3O3. The number of amides is 2. The predicted octanol–water partition coefficient (Wildman–Crippen LogP) is 0.254. The van der Waals surface area contributed by atoms with Crippen LogP contribution in [0, 0.1) is 0 Å². The molecule has 0 aliphatic rings. The average Bonchev–Trinajstić information content (AvgIpc) is 2.49. The van der Waals surface area contributed by atoms with Crippen molar-refractivity contribution in [3.8, 4) is 0 Å². The molecule has 0 aromatic heterocycles. The minimum Gasteiger partial charge on any atom is -0.380 e. The predicted molar refractivity (Wildman–Crippen MR) is 80.1 cm³/mol. The zero-order valence-electron chi connectivity index (χ0n) is 12.3. The fourth-order valence-corrected chi connectivity index (χ4v) is 1.93. The quantitative estimate of drug-likeness (QED) is 0.682. The summed E-state index contributed by atoms with van der Waals surface area (Å²) in [7, 11) is 1.52. The van der Waals surface area contributed by atoms with Gasteiger partial charge in [0.25, 0.3) is 0 Å². The van der Waals surface area contributed by atoms with Gasteiger partial charge in [0, 0.05) is 33.2 Å². The minimum absolute atomic E-state index is 0.0996. The first-order valence-corrected chi connectivity index (χ1v) is 6.89. The third-order valence-corrected chi connectivity index (χ3v) is 3.20. The first-order valence-electron chi connectivity index (χ1n) is 6.89. The van der Waals surface area contributed by atoms with Crippen molar-refractivity contribution in [3.63, 3.8) is 0 Å². The summed E-state index contributed by atoms with van der Waals surface area (Å²) in [6.07, 6.45) is 0.0154. The molecule has 0 saturated heterocycles. The van der Waals surface area contributed by atoms with Gasteiger partial charge in [0.2, 0.25) is 11.8 Å². The van der Waals surface area contributed by atoms with Gasteiger partial charge in [-0.15, -0.1) is 0 Å². The zero-order valence-corrected chi connectivity index (χ0v) is 12.3. The van der Waals surface area contributed by atoms with E-state index in [4.69, 9.17) is 16.2 Å². The Kier molecular flexibility index (Phi) is 7.42. The molecule has 1 aromatic rings. The van der Waals surface area contributed by atoms with Gasteiger partial charge < -0.3 is 21.1 Å². The molecule has 0 saturated carbocycles. The van der Waals surface area contributed by atoms with Crippen LogP contribution in [-0.2, 0) is 20.9 Å². The number of rotatable bonds is 9. The lowest BCUT2D eigenvalue weighted by Gasteiger charge is -2.24. The molecule has 116 valence electrons. The summed E-state index contributed by atoms with van der Waals surface area (Å²) >= 11 is 0. The molecule has 1 aromatic carbocycles.